The highest BCUT2D eigenvalue weighted by molar-refractivity contribution is 5.94. The largest absolute Gasteiger partial charge is 0.493 e. The lowest BCUT2D eigenvalue weighted by molar-refractivity contribution is 0.0572. The first-order valence-electron chi connectivity index (χ1n) is 10.2. The molecular weight excluding hydrogens is 411 g/mol. The molecule has 1 amide bonds. The summed E-state index contributed by atoms with van der Waals surface area (Å²) in [6, 6.07) is 8.29. The predicted molar refractivity (Wildman–Crippen MR) is 116 cm³/mol. The Morgan fingerprint density at radius 1 is 1.22 bits per heavy atom. The highest BCUT2D eigenvalue weighted by atomic mass is 19.1. The number of likely N-dealkylation sites (N-methyl/N-ethyl adjacent to an activating group) is 1. The zero-order valence-electron chi connectivity index (χ0n) is 18.1. The van der Waals surface area contributed by atoms with Crippen molar-refractivity contribution in [1.82, 2.24) is 24.6 Å². The van der Waals surface area contributed by atoms with Gasteiger partial charge in [0.25, 0.3) is 5.91 Å². The molecule has 3 heterocycles. The van der Waals surface area contributed by atoms with Crippen LogP contribution < -0.4 is 0 Å². The molecule has 9 heteroatoms. The molecule has 2 aromatic heterocycles. The van der Waals surface area contributed by atoms with Crippen molar-refractivity contribution in [1.29, 1.82) is 5.26 Å². The van der Waals surface area contributed by atoms with Gasteiger partial charge in [0.15, 0.2) is 5.82 Å². The van der Waals surface area contributed by atoms with Gasteiger partial charge >= 0.3 is 0 Å². The number of piperazine rings is 1. The molecular formula is C23H23FN6O2. The molecule has 1 fully saturated rings. The number of carbonyl (C=O) groups is 1. The molecule has 4 rings (SSSR count). The summed E-state index contributed by atoms with van der Waals surface area (Å²) in [5.74, 6) is -0.602. The Labute approximate surface area is 185 Å². The number of halogens is 1. The summed E-state index contributed by atoms with van der Waals surface area (Å²) in [7, 11) is 2.04. The van der Waals surface area contributed by atoms with Gasteiger partial charge in [-0.3, -0.25) is 4.79 Å². The van der Waals surface area contributed by atoms with E-state index in [1.54, 1.807) is 31.2 Å². The molecule has 0 unspecified atom stereocenters. The first-order valence-corrected chi connectivity index (χ1v) is 10.2. The van der Waals surface area contributed by atoms with Crippen molar-refractivity contribution < 1.29 is 14.3 Å². The summed E-state index contributed by atoms with van der Waals surface area (Å²) < 4.78 is 15.6. The van der Waals surface area contributed by atoms with Gasteiger partial charge in [-0.05, 0) is 50.2 Å². The maximum Gasteiger partial charge on any atom is 0.255 e. The summed E-state index contributed by atoms with van der Waals surface area (Å²) in [5.41, 5.74) is 1.40. The number of aromatic hydroxyl groups is 1. The second-order valence-electron chi connectivity index (χ2n) is 7.99. The van der Waals surface area contributed by atoms with E-state index >= 15 is 0 Å². The Morgan fingerprint density at radius 2 is 2.00 bits per heavy atom. The Hall–Kier alpha value is -3.77. The molecule has 0 spiro atoms. The van der Waals surface area contributed by atoms with Crippen LogP contribution in [0.25, 0.3) is 16.9 Å². The van der Waals surface area contributed by atoms with Crippen LogP contribution in [0.2, 0.25) is 0 Å². The summed E-state index contributed by atoms with van der Waals surface area (Å²) in [6.07, 6.45) is 2.88. The van der Waals surface area contributed by atoms with Crippen molar-refractivity contribution in [3.63, 3.8) is 0 Å². The highest BCUT2D eigenvalue weighted by Crippen LogP contribution is 2.34. The quantitative estimate of drug-likeness (QED) is 0.681. The molecule has 164 valence electrons. The highest BCUT2D eigenvalue weighted by Gasteiger charge is 2.25. The van der Waals surface area contributed by atoms with Crippen LogP contribution in [-0.4, -0.2) is 68.3 Å². The summed E-state index contributed by atoms with van der Waals surface area (Å²) >= 11 is 0. The first-order chi connectivity index (χ1) is 15.3. The van der Waals surface area contributed by atoms with E-state index in [2.05, 4.69) is 21.9 Å². The van der Waals surface area contributed by atoms with Gasteiger partial charge in [-0.1, -0.05) is 6.07 Å². The summed E-state index contributed by atoms with van der Waals surface area (Å²) in [6.45, 7) is 5.75. The van der Waals surface area contributed by atoms with Crippen LogP contribution in [0.1, 0.15) is 28.4 Å². The van der Waals surface area contributed by atoms with E-state index in [0.29, 0.717) is 35.6 Å². The number of carbonyl (C=O) groups excluding carboxylic acids is 1. The van der Waals surface area contributed by atoms with Crippen LogP contribution in [0, 0.1) is 24.1 Å². The van der Waals surface area contributed by atoms with E-state index in [1.165, 1.54) is 23.1 Å². The molecule has 1 aromatic carbocycles. The number of nitrogens with zero attached hydrogens (tertiary/aromatic N) is 6. The smallest absolute Gasteiger partial charge is 0.255 e. The molecule has 8 nitrogen and oxygen atoms in total. The maximum absolute atomic E-state index is 14.3. The summed E-state index contributed by atoms with van der Waals surface area (Å²) in [4.78, 5) is 21.1. The monoisotopic (exact) mass is 434 g/mol. The second kappa shape index (κ2) is 8.40. The van der Waals surface area contributed by atoms with E-state index in [9.17, 15) is 14.3 Å². The minimum Gasteiger partial charge on any atom is -0.493 e. The van der Waals surface area contributed by atoms with Crippen molar-refractivity contribution in [2.45, 2.75) is 19.9 Å². The van der Waals surface area contributed by atoms with Crippen molar-refractivity contribution >= 4 is 5.91 Å². The van der Waals surface area contributed by atoms with E-state index in [1.807, 2.05) is 11.9 Å². The molecule has 1 saturated heterocycles. The third kappa shape index (κ3) is 3.69. The van der Waals surface area contributed by atoms with Crippen LogP contribution in [0.5, 0.6) is 5.88 Å². The van der Waals surface area contributed by atoms with Gasteiger partial charge in [-0.2, -0.15) is 15.0 Å². The minimum absolute atomic E-state index is 0.0604. The number of rotatable bonds is 3. The van der Waals surface area contributed by atoms with E-state index < -0.39 is 5.82 Å². The zero-order valence-corrected chi connectivity index (χ0v) is 18.1. The predicted octanol–water partition coefficient (Wildman–Crippen LogP) is 2.74. The number of aromatic nitrogens is 3. The Bertz CT molecular complexity index is 1210. The maximum atomic E-state index is 14.3. The average Bonchev–Trinajstić information content (AvgIpc) is 3.18. The van der Waals surface area contributed by atoms with Crippen LogP contribution in [-0.2, 0) is 0 Å². The lowest BCUT2D eigenvalue weighted by Gasteiger charge is -2.37. The van der Waals surface area contributed by atoms with Crippen molar-refractivity contribution in [3.8, 4) is 28.9 Å². The fourth-order valence-electron chi connectivity index (χ4n) is 3.82. The fourth-order valence-corrected chi connectivity index (χ4v) is 3.82. The van der Waals surface area contributed by atoms with Gasteiger partial charge in [-0.25, -0.2) is 9.37 Å². The Morgan fingerprint density at radius 3 is 2.66 bits per heavy atom. The van der Waals surface area contributed by atoms with Crippen molar-refractivity contribution in [2.24, 2.45) is 0 Å². The number of pyridine rings is 1. The topological polar surface area (TPSA) is 98.3 Å². The standard InChI is InChI=1S/C23H23FN6O2/c1-14-13-29(9-8-28(14)3)22(31)17-5-7-20(26-11-17)30-23(32)19(12-27-30)18-6-4-16(10-25)21(24)15(18)2/h4-7,11-12,14,32H,8-9,13H2,1-3H3/t14-/m0/s1. The molecule has 0 aliphatic carbocycles. The third-order valence-electron chi connectivity index (χ3n) is 6.00. The average molecular weight is 434 g/mol. The zero-order chi connectivity index (χ0) is 23.0. The van der Waals surface area contributed by atoms with Crippen LogP contribution in [0.15, 0.2) is 36.7 Å². The van der Waals surface area contributed by atoms with E-state index in [0.717, 1.165) is 6.54 Å². The minimum atomic E-state index is -0.628. The van der Waals surface area contributed by atoms with Crippen LogP contribution in [0.4, 0.5) is 4.39 Å². The number of amides is 1. The van der Waals surface area contributed by atoms with Crippen LogP contribution >= 0.6 is 0 Å². The molecule has 3 aromatic rings. The third-order valence-corrected chi connectivity index (χ3v) is 6.00. The van der Waals surface area contributed by atoms with Crippen molar-refractivity contribution in [3.05, 3.63) is 59.2 Å². The molecule has 32 heavy (non-hydrogen) atoms. The number of nitriles is 1. The van der Waals surface area contributed by atoms with Gasteiger partial charge in [0.1, 0.15) is 11.9 Å². The SMILES string of the molecule is Cc1c(-c2cnn(-c3ccc(C(=O)N4CCN(C)[C@@H](C)C4)cn3)c2O)ccc(C#N)c1F. The molecule has 1 aliphatic rings. The number of hydrogen-bond donors (Lipinski definition) is 1. The van der Waals surface area contributed by atoms with Gasteiger partial charge in [0.05, 0.1) is 22.9 Å². The van der Waals surface area contributed by atoms with Gasteiger partial charge in [0, 0.05) is 31.9 Å². The Kier molecular flexibility index (Phi) is 5.63. The normalized spacial score (nSPS) is 16.7. The van der Waals surface area contributed by atoms with E-state index in [4.69, 9.17) is 5.26 Å². The number of hydrogen-bond acceptors (Lipinski definition) is 6. The van der Waals surface area contributed by atoms with Gasteiger partial charge < -0.3 is 14.9 Å². The molecule has 1 aliphatic heterocycles. The Balaban J connectivity index is 1.59. The van der Waals surface area contributed by atoms with Gasteiger partial charge in [0.2, 0.25) is 5.88 Å². The summed E-state index contributed by atoms with van der Waals surface area (Å²) in [5, 5.41) is 23.9. The lowest BCUT2D eigenvalue weighted by Crippen LogP contribution is -2.52. The molecule has 0 saturated carbocycles. The molecule has 0 bridgehead atoms. The fraction of sp³-hybridized carbons (Fsp3) is 0.304. The van der Waals surface area contributed by atoms with Gasteiger partial charge in [-0.15, -0.1) is 0 Å². The van der Waals surface area contributed by atoms with Crippen LogP contribution in [0.3, 0.4) is 0 Å². The van der Waals surface area contributed by atoms with Crippen molar-refractivity contribution in [2.75, 3.05) is 26.7 Å². The first kappa shape index (κ1) is 21.5. The molecule has 1 N–H and O–H groups in total. The molecule has 1 atom stereocenters. The lowest BCUT2D eigenvalue weighted by atomic mass is 10.00. The second-order valence-corrected chi connectivity index (χ2v) is 7.99. The number of benzene rings is 1. The van der Waals surface area contributed by atoms with E-state index in [-0.39, 0.29) is 29.0 Å². The molecule has 0 radical (unpaired) electrons.